The summed E-state index contributed by atoms with van der Waals surface area (Å²) in [7, 11) is 0. The van der Waals surface area contributed by atoms with Crippen LogP contribution in [0, 0.1) is 11.6 Å². The summed E-state index contributed by atoms with van der Waals surface area (Å²) >= 11 is 0. The van der Waals surface area contributed by atoms with E-state index < -0.39 is 11.6 Å². The molecular formula is C25H27F2N5O. The molecule has 0 aliphatic carbocycles. The molecule has 0 spiro atoms. The van der Waals surface area contributed by atoms with E-state index in [2.05, 4.69) is 31.9 Å². The second-order valence-electron chi connectivity index (χ2n) is 8.51. The number of hydrogen-bond donors (Lipinski definition) is 0. The van der Waals surface area contributed by atoms with Crippen LogP contribution >= 0.6 is 0 Å². The first-order valence-corrected chi connectivity index (χ1v) is 11.3. The Labute approximate surface area is 192 Å². The molecule has 0 saturated carbocycles. The third-order valence-electron chi connectivity index (χ3n) is 6.24. The lowest BCUT2D eigenvalue weighted by Gasteiger charge is -2.34. The van der Waals surface area contributed by atoms with Crippen LogP contribution < -0.4 is 9.64 Å². The first kappa shape index (κ1) is 21.7. The molecule has 2 aliphatic rings. The highest BCUT2D eigenvalue weighted by Gasteiger charge is 2.21. The molecule has 3 heterocycles. The fourth-order valence-electron chi connectivity index (χ4n) is 4.46. The van der Waals surface area contributed by atoms with Gasteiger partial charge in [0.1, 0.15) is 24.0 Å². The van der Waals surface area contributed by atoms with Crippen molar-refractivity contribution in [2.75, 3.05) is 44.2 Å². The standard InChI is InChI=1S/C25H27F2N5O/c26-22-3-1-4-23(27)21(22)18-31-13-14-33-24-6-5-19(15-20(24)17-31)16-30-9-11-32(12-10-30)25-28-7-2-8-29-25/h1-8,15H,9-14,16-18H2. The van der Waals surface area contributed by atoms with Crippen molar-refractivity contribution in [1.29, 1.82) is 0 Å². The van der Waals surface area contributed by atoms with Crippen LogP contribution in [0.15, 0.2) is 54.9 Å². The Kier molecular flexibility index (Phi) is 6.46. The Morgan fingerprint density at radius 2 is 1.58 bits per heavy atom. The van der Waals surface area contributed by atoms with Gasteiger partial charge < -0.3 is 9.64 Å². The highest BCUT2D eigenvalue weighted by molar-refractivity contribution is 5.38. The van der Waals surface area contributed by atoms with Crippen LogP contribution in [0.3, 0.4) is 0 Å². The van der Waals surface area contributed by atoms with Crippen molar-refractivity contribution in [3.63, 3.8) is 0 Å². The van der Waals surface area contributed by atoms with E-state index in [4.69, 9.17) is 4.74 Å². The molecular weight excluding hydrogens is 424 g/mol. The molecule has 172 valence electrons. The number of fused-ring (bicyclic) bond motifs is 1. The number of hydrogen-bond acceptors (Lipinski definition) is 6. The van der Waals surface area contributed by atoms with Crippen molar-refractivity contribution in [2.45, 2.75) is 19.6 Å². The predicted octanol–water partition coefficient (Wildman–Crippen LogP) is 3.47. The van der Waals surface area contributed by atoms with Crippen molar-refractivity contribution >= 4 is 5.95 Å². The zero-order valence-electron chi connectivity index (χ0n) is 18.5. The molecule has 6 nitrogen and oxygen atoms in total. The Morgan fingerprint density at radius 1 is 0.818 bits per heavy atom. The Balaban J connectivity index is 1.23. The zero-order chi connectivity index (χ0) is 22.6. The van der Waals surface area contributed by atoms with E-state index >= 15 is 0 Å². The van der Waals surface area contributed by atoms with Gasteiger partial charge in [-0.05, 0) is 35.9 Å². The molecule has 0 radical (unpaired) electrons. The van der Waals surface area contributed by atoms with Gasteiger partial charge in [-0.2, -0.15) is 0 Å². The molecule has 1 fully saturated rings. The van der Waals surface area contributed by atoms with Gasteiger partial charge in [-0.15, -0.1) is 0 Å². The number of benzene rings is 2. The van der Waals surface area contributed by atoms with Gasteiger partial charge >= 0.3 is 0 Å². The average Bonchev–Trinajstić information content (AvgIpc) is 3.04. The molecule has 1 aromatic heterocycles. The van der Waals surface area contributed by atoms with E-state index in [1.54, 1.807) is 12.4 Å². The number of nitrogens with zero attached hydrogens (tertiary/aromatic N) is 5. The minimum atomic E-state index is -0.505. The average molecular weight is 452 g/mol. The van der Waals surface area contributed by atoms with Crippen LogP contribution in [0.5, 0.6) is 5.75 Å². The minimum absolute atomic E-state index is 0.109. The molecule has 8 heteroatoms. The van der Waals surface area contributed by atoms with Gasteiger partial charge in [0.05, 0.1) is 0 Å². The summed E-state index contributed by atoms with van der Waals surface area (Å²) in [5, 5.41) is 0. The molecule has 2 aromatic carbocycles. The summed E-state index contributed by atoms with van der Waals surface area (Å²) in [6, 6.07) is 12.1. The van der Waals surface area contributed by atoms with Gasteiger partial charge in [0.25, 0.3) is 0 Å². The highest BCUT2D eigenvalue weighted by Crippen LogP contribution is 2.27. The Hall–Kier alpha value is -3.10. The lowest BCUT2D eigenvalue weighted by molar-refractivity contribution is 0.215. The maximum atomic E-state index is 14.1. The normalized spacial score (nSPS) is 17.3. The fraction of sp³-hybridized carbons (Fsp3) is 0.360. The van der Waals surface area contributed by atoms with E-state index in [-0.39, 0.29) is 12.1 Å². The molecule has 3 aromatic rings. The van der Waals surface area contributed by atoms with Crippen molar-refractivity contribution in [2.24, 2.45) is 0 Å². The van der Waals surface area contributed by atoms with E-state index in [9.17, 15) is 8.78 Å². The predicted molar refractivity (Wildman–Crippen MR) is 122 cm³/mol. The SMILES string of the molecule is Fc1cccc(F)c1CN1CCOc2ccc(CN3CCN(c4ncccn4)CC3)cc2C1. The first-order chi connectivity index (χ1) is 16.2. The highest BCUT2D eigenvalue weighted by atomic mass is 19.1. The van der Waals surface area contributed by atoms with Crippen molar-refractivity contribution in [3.05, 3.63) is 83.2 Å². The minimum Gasteiger partial charge on any atom is -0.492 e. The number of ether oxygens (including phenoxy) is 1. The van der Waals surface area contributed by atoms with Crippen LogP contribution in [-0.4, -0.2) is 59.1 Å². The van der Waals surface area contributed by atoms with Gasteiger partial charge in [0.15, 0.2) is 0 Å². The molecule has 0 amide bonds. The van der Waals surface area contributed by atoms with Gasteiger partial charge in [-0.3, -0.25) is 9.80 Å². The topological polar surface area (TPSA) is 44.7 Å². The van der Waals surface area contributed by atoms with Gasteiger partial charge in [-0.25, -0.2) is 18.7 Å². The second kappa shape index (κ2) is 9.80. The number of anilines is 1. The zero-order valence-corrected chi connectivity index (χ0v) is 18.5. The Bertz CT molecular complexity index is 1070. The molecule has 1 saturated heterocycles. The lowest BCUT2D eigenvalue weighted by atomic mass is 10.1. The molecule has 0 bridgehead atoms. The van der Waals surface area contributed by atoms with E-state index in [1.807, 2.05) is 17.0 Å². The Morgan fingerprint density at radius 3 is 2.33 bits per heavy atom. The maximum Gasteiger partial charge on any atom is 0.225 e. The van der Waals surface area contributed by atoms with Crippen molar-refractivity contribution < 1.29 is 13.5 Å². The molecule has 5 rings (SSSR count). The summed E-state index contributed by atoms with van der Waals surface area (Å²) in [5.41, 5.74) is 2.37. The monoisotopic (exact) mass is 451 g/mol. The smallest absolute Gasteiger partial charge is 0.225 e. The van der Waals surface area contributed by atoms with Crippen LogP contribution in [0.4, 0.5) is 14.7 Å². The van der Waals surface area contributed by atoms with E-state index in [0.717, 1.165) is 50.0 Å². The van der Waals surface area contributed by atoms with E-state index in [1.165, 1.54) is 23.8 Å². The van der Waals surface area contributed by atoms with Crippen molar-refractivity contribution in [1.82, 2.24) is 19.8 Å². The summed E-state index contributed by atoms with van der Waals surface area (Å²) in [6.07, 6.45) is 3.55. The summed E-state index contributed by atoms with van der Waals surface area (Å²) < 4.78 is 34.2. The van der Waals surface area contributed by atoms with Gasteiger partial charge in [-0.1, -0.05) is 12.1 Å². The van der Waals surface area contributed by atoms with Gasteiger partial charge in [0, 0.05) is 75.9 Å². The van der Waals surface area contributed by atoms with Gasteiger partial charge in [0.2, 0.25) is 5.95 Å². The summed E-state index contributed by atoms with van der Waals surface area (Å²) in [5.74, 6) is 0.621. The molecule has 2 aliphatic heterocycles. The quantitative estimate of drug-likeness (QED) is 0.592. The summed E-state index contributed by atoms with van der Waals surface area (Å²) in [4.78, 5) is 15.4. The molecule has 0 unspecified atom stereocenters. The number of aromatic nitrogens is 2. The largest absolute Gasteiger partial charge is 0.492 e. The van der Waals surface area contributed by atoms with Crippen molar-refractivity contribution in [3.8, 4) is 5.75 Å². The summed E-state index contributed by atoms with van der Waals surface area (Å²) in [6.45, 7) is 6.41. The molecule has 0 N–H and O–H groups in total. The number of piperazine rings is 1. The van der Waals surface area contributed by atoms with E-state index in [0.29, 0.717) is 19.7 Å². The van der Waals surface area contributed by atoms with Crippen LogP contribution in [0.2, 0.25) is 0 Å². The third-order valence-corrected chi connectivity index (χ3v) is 6.24. The van der Waals surface area contributed by atoms with Crippen LogP contribution in [0.1, 0.15) is 16.7 Å². The molecule has 0 atom stereocenters. The third kappa shape index (κ3) is 5.12. The van der Waals surface area contributed by atoms with Crippen LogP contribution in [0.25, 0.3) is 0 Å². The molecule has 33 heavy (non-hydrogen) atoms. The lowest BCUT2D eigenvalue weighted by Crippen LogP contribution is -2.46. The fourth-order valence-corrected chi connectivity index (χ4v) is 4.46. The van der Waals surface area contributed by atoms with Crippen LogP contribution in [-0.2, 0) is 19.6 Å². The second-order valence-corrected chi connectivity index (χ2v) is 8.51. The number of halogens is 2. The maximum absolute atomic E-state index is 14.1. The number of rotatable bonds is 5. The first-order valence-electron chi connectivity index (χ1n) is 11.3.